The summed E-state index contributed by atoms with van der Waals surface area (Å²) in [5, 5.41) is 4.83. The topological polar surface area (TPSA) is 38.3 Å². The molecule has 2 aromatic carbocycles. The Morgan fingerprint density at radius 2 is 1.89 bits per heavy atom. The summed E-state index contributed by atoms with van der Waals surface area (Å²) >= 11 is 3.50. The third kappa shape index (κ3) is 3.47. The van der Waals surface area contributed by atoms with E-state index in [-0.39, 0.29) is 0 Å². The van der Waals surface area contributed by atoms with Gasteiger partial charge in [0, 0.05) is 9.86 Å². The van der Waals surface area contributed by atoms with Gasteiger partial charge in [-0.15, -0.1) is 0 Å². The molecular weight excluding hydrogens is 306 g/mol. The Kier molecular flexibility index (Phi) is 4.43. The molecule has 3 nitrogen and oxygen atoms in total. The van der Waals surface area contributed by atoms with Crippen LogP contribution in [0.4, 0.5) is 10.5 Å². The maximum Gasteiger partial charge on any atom is 0.411 e. The summed E-state index contributed by atoms with van der Waals surface area (Å²) in [6.07, 6.45) is -0.416. The lowest BCUT2D eigenvalue weighted by molar-refractivity contribution is 0.147. The number of ether oxygens (including phenoxy) is 1. The first-order chi connectivity index (χ1) is 9.08. The second kappa shape index (κ2) is 6.06. The van der Waals surface area contributed by atoms with Crippen molar-refractivity contribution >= 4 is 38.5 Å². The Labute approximate surface area is 121 Å². The average Bonchev–Trinajstić information content (AvgIpc) is 2.40. The molecule has 0 bridgehead atoms. The number of hydrogen-bond donors (Lipinski definition) is 1. The van der Waals surface area contributed by atoms with E-state index in [9.17, 15) is 4.79 Å². The zero-order chi connectivity index (χ0) is 13.8. The van der Waals surface area contributed by atoms with Crippen LogP contribution in [-0.4, -0.2) is 12.7 Å². The molecule has 0 saturated carbocycles. The van der Waals surface area contributed by atoms with E-state index in [1.807, 2.05) is 50.2 Å². The molecule has 19 heavy (non-hydrogen) atoms. The van der Waals surface area contributed by atoms with Gasteiger partial charge in [0.15, 0.2) is 0 Å². The number of carbonyl (C=O) groups excluding carboxylic acids is 1. The standard InChI is InChI=1S/C15H16BrNO2/c1-10(2)9-19-15(18)17-14-8-7-13(16)11-5-3-4-6-12(11)14/h3-8,10H,9H2,1-2H3,(H,17,18). The van der Waals surface area contributed by atoms with Gasteiger partial charge in [-0.2, -0.15) is 0 Å². The molecule has 0 aliphatic heterocycles. The van der Waals surface area contributed by atoms with Crippen molar-refractivity contribution in [1.82, 2.24) is 0 Å². The number of carbonyl (C=O) groups is 1. The van der Waals surface area contributed by atoms with Crippen molar-refractivity contribution in [3.8, 4) is 0 Å². The summed E-state index contributed by atoms with van der Waals surface area (Å²) in [4.78, 5) is 11.7. The molecule has 2 aromatic rings. The second-order valence-electron chi connectivity index (χ2n) is 4.76. The number of halogens is 1. The lowest BCUT2D eigenvalue weighted by Gasteiger charge is -2.11. The minimum absolute atomic E-state index is 0.326. The fourth-order valence-electron chi connectivity index (χ4n) is 1.76. The number of hydrogen-bond acceptors (Lipinski definition) is 2. The van der Waals surface area contributed by atoms with E-state index >= 15 is 0 Å². The van der Waals surface area contributed by atoms with Crippen LogP contribution < -0.4 is 5.32 Å². The van der Waals surface area contributed by atoms with Crippen molar-refractivity contribution in [3.05, 3.63) is 40.9 Å². The molecule has 1 N–H and O–H groups in total. The van der Waals surface area contributed by atoms with Gasteiger partial charge in [-0.25, -0.2) is 4.79 Å². The molecule has 0 radical (unpaired) electrons. The number of anilines is 1. The summed E-state index contributed by atoms with van der Waals surface area (Å²) in [6, 6.07) is 11.7. The van der Waals surface area contributed by atoms with E-state index in [0.29, 0.717) is 12.5 Å². The van der Waals surface area contributed by atoms with Crippen LogP contribution in [0, 0.1) is 5.92 Å². The third-order valence-corrected chi connectivity index (χ3v) is 3.35. The highest BCUT2D eigenvalue weighted by Gasteiger charge is 2.08. The van der Waals surface area contributed by atoms with Crippen LogP contribution >= 0.6 is 15.9 Å². The lowest BCUT2D eigenvalue weighted by Crippen LogP contribution is -2.16. The molecule has 0 fully saturated rings. The SMILES string of the molecule is CC(C)COC(=O)Nc1ccc(Br)c2ccccc12. The van der Waals surface area contributed by atoms with Crippen molar-refractivity contribution in [2.24, 2.45) is 5.92 Å². The molecular formula is C15H16BrNO2. The number of amides is 1. The molecule has 100 valence electrons. The highest BCUT2D eigenvalue weighted by Crippen LogP contribution is 2.29. The van der Waals surface area contributed by atoms with Crippen LogP contribution in [0.25, 0.3) is 10.8 Å². The minimum atomic E-state index is -0.416. The maximum atomic E-state index is 11.7. The smallest absolute Gasteiger partial charge is 0.411 e. The normalized spacial score (nSPS) is 10.7. The van der Waals surface area contributed by atoms with E-state index in [2.05, 4.69) is 21.2 Å². The molecule has 4 heteroatoms. The summed E-state index contributed by atoms with van der Waals surface area (Å²) in [5.41, 5.74) is 0.757. The summed E-state index contributed by atoms with van der Waals surface area (Å²) in [7, 11) is 0. The summed E-state index contributed by atoms with van der Waals surface area (Å²) < 4.78 is 6.13. The van der Waals surface area contributed by atoms with Gasteiger partial charge in [0.2, 0.25) is 0 Å². The fourth-order valence-corrected chi connectivity index (χ4v) is 2.24. The maximum absolute atomic E-state index is 11.7. The van der Waals surface area contributed by atoms with Crippen molar-refractivity contribution in [3.63, 3.8) is 0 Å². The largest absolute Gasteiger partial charge is 0.449 e. The van der Waals surface area contributed by atoms with E-state index in [0.717, 1.165) is 20.9 Å². The third-order valence-electron chi connectivity index (χ3n) is 2.66. The molecule has 2 rings (SSSR count). The first kappa shape index (κ1) is 13.9. The Morgan fingerprint density at radius 3 is 2.58 bits per heavy atom. The van der Waals surface area contributed by atoms with E-state index in [4.69, 9.17) is 4.74 Å². The lowest BCUT2D eigenvalue weighted by atomic mass is 10.1. The van der Waals surface area contributed by atoms with Gasteiger partial charge in [-0.05, 0) is 23.4 Å². The van der Waals surface area contributed by atoms with Crippen molar-refractivity contribution in [2.45, 2.75) is 13.8 Å². The zero-order valence-electron chi connectivity index (χ0n) is 10.9. The molecule has 0 aliphatic rings. The highest BCUT2D eigenvalue weighted by molar-refractivity contribution is 9.10. The number of fused-ring (bicyclic) bond motifs is 1. The van der Waals surface area contributed by atoms with Gasteiger partial charge in [0.1, 0.15) is 0 Å². The molecule has 0 aliphatic carbocycles. The van der Waals surface area contributed by atoms with Crippen LogP contribution in [0.1, 0.15) is 13.8 Å². The molecule has 0 unspecified atom stereocenters. The molecule has 0 spiro atoms. The molecule has 0 aromatic heterocycles. The van der Waals surface area contributed by atoms with Crippen molar-refractivity contribution in [2.75, 3.05) is 11.9 Å². The molecule has 0 saturated heterocycles. The number of rotatable bonds is 3. The predicted molar refractivity (Wildman–Crippen MR) is 81.5 cm³/mol. The van der Waals surface area contributed by atoms with E-state index in [1.165, 1.54) is 0 Å². The number of nitrogens with one attached hydrogen (secondary N) is 1. The second-order valence-corrected chi connectivity index (χ2v) is 5.61. The van der Waals surface area contributed by atoms with Crippen molar-refractivity contribution < 1.29 is 9.53 Å². The molecule has 0 heterocycles. The van der Waals surface area contributed by atoms with Gasteiger partial charge in [0.05, 0.1) is 12.3 Å². The summed E-state index contributed by atoms with van der Waals surface area (Å²) in [6.45, 7) is 4.42. The Morgan fingerprint density at radius 1 is 1.21 bits per heavy atom. The Bertz CT molecular complexity index is 596. The minimum Gasteiger partial charge on any atom is -0.449 e. The van der Waals surface area contributed by atoms with Gasteiger partial charge >= 0.3 is 6.09 Å². The van der Waals surface area contributed by atoms with Crippen LogP contribution in [0.3, 0.4) is 0 Å². The first-order valence-corrected chi connectivity index (χ1v) is 6.98. The monoisotopic (exact) mass is 321 g/mol. The predicted octanol–water partition coefficient (Wildman–Crippen LogP) is 4.81. The Hall–Kier alpha value is -1.55. The Balaban J connectivity index is 2.21. The average molecular weight is 322 g/mol. The molecule has 0 atom stereocenters. The number of benzene rings is 2. The van der Waals surface area contributed by atoms with E-state index < -0.39 is 6.09 Å². The summed E-state index contributed by atoms with van der Waals surface area (Å²) in [5.74, 6) is 0.326. The quantitative estimate of drug-likeness (QED) is 0.881. The highest BCUT2D eigenvalue weighted by atomic mass is 79.9. The van der Waals surface area contributed by atoms with E-state index in [1.54, 1.807) is 0 Å². The zero-order valence-corrected chi connectivity index (χ0v) is 12.5. The first-order valence-electron chi connectivity index (χ1n) is 6.19. The van der Waals surface area contributed by atoms with Crippen LogP contribution in [0.5, 0.6) is 0 Å². The molecule has 1 amide bonds. The van der Waals surface area contributed by atoms with Crippen molar-refractivity contribution in [1.29, 1.82) is 0 Å². The van der Waals surface area contributed by atoms with Crippen LogP contribution in [0.2, 0.25) is 0 Å². The fraction of sp³-hybridized carbons (Fsp3) is 0.267. The van der Waals surface area contributed by atoms with Gasteiger partial charge in [-0.3, -0.25) is 5.32 Å². The van der Waals surface area contributed by atoms with Gasteiger partial charge < -0.3 is 4.74 Å². The van der Waals surface area contributed by atoms with Gasteiger partial charge in [-0.1, -0.05) is 54.0 Å². The van der Waals surface area contributed by atoms with Crippen LogP contribution in [0.15, 0.2) is 40.9 Å². The van der Waals surface area contributed by atoms with Crippen LogP contribution in [-0.2, 0) is 4.74 Å². The van der Waals surface area contributed by atoms with Gasteiger partial charge in [0.25, 0.3) is 0 Å².